The molecular weight excluding hydrogens is 369 g/mol. The van der Waals surface area contributed by atoms with E-state index in [1.807, 2.05) is 0 Å². The first kappa shape index (κ1) is 16.9. The summed E-state index contributed by atoms with van der Waals surface area (Å²) in [7, 11) is 0. The highest BCUT2D eigenvalue weighted by molar-refractivity contribution is 8.01. The topological polar surface area (TPSA) is 54.9 Å². The molecule has 1 amide bonds. The second-order valence-electron chi connectivity index (χ2n) is 4.89. The van der Waals surface area contributed by atoms with Gasteiger partial charge in [0.15, 0.2) is 4.34 Å². The molecule has 24 heavy (non-hydrogen) atoms. The maximum absolute atomic E-state index is 13.8. The standard InChI is InChI=1S/C16H11ClFN3OS2/c1-9-2-4-13(18)11(6-9)15(22)20-10-3-5-14(12(17)7-10)24-16-21-19-8-23-16/h2-8H,1H3,(H,20,22). The van der Waals surface area contributed by atoms with E-state index in [2.05, 4.69) is 15.5 Å². The summed E-state index contributed by atoms with van der Waals surface area (Å²) in [5.41, 5.74) is 2.94. The Morgan fingerprint density at radius 3 is 2.83 bits per heavy atom. The number of nitrogens with zero attached hydrogens (tertiary/aromatic N) is 2. The number of halogens is 2. The maximum Gasteiger partial charge on any atom is 0.258 e. The summed E-state index contributed by atoms with van der Waals surface area (Å²) in [5.74, 6) is -1.08. The van der Waals surface area contributed by atoms with E-state index in [0.29, 0.717) is 10.7 Å². The fourth-order valence-corrected chi connectivity index (χ4v) is 3.71. The monoisotopic (exact) mass is 379 g/mol. The van der Waals surface area contributed by atoms with Gasteiger partial charge in [0.1, 0.15) is 11.3 Å². The van der Waals surface area contributed by atoms with Crippen LogP contribution < -0.4 is 5.32 Å². The van der Waals surface area contributed by atoms with Crippen molar-refractivity contribution in [3.8, 4) is 0 Å². The van der Waals surface area contributed by atoms with E-state index in [0.717, 1.165) is 14.8 Å². The van der Waals surface area contributed by atoms with Crippen LogP contribution in [-0.2, 0) is 0 Å². The number of benzene rings is 2. The number of hydrogen-bond donors (Lipinski definition) is 1. The van der Waals surface area contributed by atoms with E-state index in [9.17, 15) is 9.18 Å². The average molecular weight is 380 g/mol. The number of anilines is 1. The largest absolute Gasteiger partial charge is 0.322 e. The molecule has 3 rings (SSSR count). The summed E-state index contributed by atoms with van der Waals surface area (Å²) in [6.45, 7) is 1.80. The van der Waals surface area contributed by atoms with Gasteiger partial charge in [0.2, 0.25) is 0 Å². The van der Waals surface area contributed by atoms with Crippen LogP contribution in [0.5, 0.6) is 0 Å². The minimum Gasteiger partial charge on any atom is -0.322 e. The molecule has 122 valence electrons. The number of rotatable bonds is 4. The van der Waals surface area contributed by atoms with Gasteiger partial charge in [-0.1, -0.05) is 46.3 Å². The van der Waals surface area contributed by atoms with Crippen LogP contribution in [0.15, 0.2) is 51.1 Å². The van der Waals surface area contributed by atoms with Gasteiger partial charge in [-0.15, -0.1) is 10.2 Å². The van der Waals surface area contributed by atoms with Gasteiger partial charge in [0.05, 0.1) is 10.6 Å². The Bertz CT molecular complexity index is 887. The van der Waals surface area contributed by atoms with Gasteiger partial charge in [0, 0.05) is 10.6 Å². The average Bonchev–Trinajstić information content (AvgIpc) is 3.05. The van der Waals surface area contributed by atoms with Gasteiger partial charge in [-0.2, -0.15) is 0 Å². The van der Waals surface area contributed by atoms with Crippen molar-refractivity contribution in [2.24, 2.45) is 0 Å². The van der Waals surface area contributed by atoms with E-state index in [-0.39, 0.29) is 5.56 Å². The van der Waals surface area contributed by atoms with Gasteiger partial charge in [-0.25, -0.2) is 4.39 Å². The summed E-state index contributed by atoms with van der Waals surface area (Å²) in [5, 5.41) is 10.8. The quantitative estimate of drug-likeness (QED) is 0.689. The third kappa shape index (κ3) is 3.92. The number of hydrogen-bond acceptors (Lipinski definition) is 5. The summed E-state index contributed by atoms with van der Waals surface area (Å²) < 4.78 is 14.5. The molecule has 1 aromatic heterocycles. The molecule has 0 aliphatic rings. The lowest BCUT2D eigenvalue weighted by Gasteiger charge is -2.09. The number of carbonyl (C=O) groups excluding carboxylic acids is 1. The fourth-order valence-electron chi connectivity index (χ4n) is 1.97. The normalized spacial score (nSPS) is 10.6. The first-order valence-corrected chi connectivity index (χ1v) is 8.91. The summed E-state index contributed by atoms with van der Waals surface area (Å²) in [4.78, 5) is 13.0. The summed E-state index contributed by atoms with van der Waals surface area (Å²) in [6.07, 6.45) is 0. The zero-order valence-corrected chi connectivity index (χ0v) is 14.8. The second kappa shape index (κ2) is 7.29. The summed E-state index contributed by atoms with van der Waals surface area (Å²) in [6, 6.07) is 9.50. The van der Waals surface area contributed by atoms with Crippen LogP contribution in [0, 0.1) is 12.7 Å². The zero-order valence-electron chi connectivity index (χ0n) is 12.4. The highest BCUT2D eigenvalue weighted by atomic mass is 35.5. The first-order valence-electron chi connectivity index (χ1n) is 6.84. The Hall–Kier alpha value is -1.96. The molecule has 1 N–H and O–H groups in total. The van der Waals surface area contributed by atoms with E-state index < -0.39 is 11.7 Å². The lowest BCUT2D eigenvalue weighted by Crippen LogP contribution is -2.14. The fraction of sp³-hybridized carbons (Fsp3) is 0.0625. The van der Waals surface area contributed by atoms with E-state index >= 15 is 0 Å². The molecule has 0 aliphatic carbocycles. The zero-order chi connectivity index (χ0) is 17.1. The Morgan fingerprint density at radius 1 is 1.29 bits per heavy atom. The van der Waals surface area contributed by atoms with Gasteiger partial charge in [-0.3, -0.25) is 4.79 Å². The lowest BCUT2D eigenvalue weighted by atomic mass is 10.1. The third-order valence-corrected chi connectivity index (χ3v) is 5.37. The lowest BCUT2D eigenvalue weighted by molar-refractivity contribution is 0.102. The van der Waals surface area contributed by atoms with Crippen molar-refractivity contribution >= 4 is 46.3 Å². The minimum atomic E-state index is -0.562. The molecule has 0 radical (unpaired) electrons. The van der Waals surface area contributed by atoms with Gasteiger partial charge in [0.25, 0.3) is 5.91 Å². The van der Waals surface area contributed by atoms with Crippen molar-refractivity contribution in [3.05, 3.63) is 63.9 Å². The van der Waals surface area contributed by atoms with Crippen molar-refractivity contribution in [2.45, 2.75) is 16.2 Å². The minimum absolute atomic E-state index is 0.00145. The van der Waals surface area contributed by atoms with Gasteiger partial charge >= 0.3 is 0 Å². The predicted octanol–water partition coefficient (Wildman–Crippen LogP) is 5.04. The molecule has 1 heterocycles. The Labute approximate surface area is 151 Å². The van der Waals surface area contributed by atoms with Crippen molar-refractivity contribution in [3.63, 3.8) is 0 Å². The smallest absolute Gasteiger partial charge is 0.258 e. The number of amides is 1. The van der Waals surface area contributed by atoms with Crippen molar-refractivity contribution < 1.29 is 9.18 Å². The number of nitrogens with one attached hydrogen (secondary N) is 1. The molecule has 0 saturated heterocycles. The Kier molecular flexibility index (Phi) is 5.13. The second-order valence-corrected chi connectivity index (χ2v) is 7.42. The summed E-state index contributed by atoms with van der Waals surface area (Å²) >= 11 is 9.04. The molecule has 0 unspecified atom stereocenters. The molecule has 0 bridgehead atoms. The number of carbonyl (C=O) groups is 1. The molecule has 0 fully saturated rings. The molecule has 2 aromatic carbocycles. The Balaban J connectivity index is 1.77. The van der Waals surface area contributed by atoms with Crippen LogP contribution in [0.2, 0.25) is 5.02 Å². The van der Waals surface area contributed by atoms with Crippen molar-refractivity contribution in [2.75, 3.05) is 5.32 Å². The van der Waals surface area contributed by atoms with Crippen LogP contribution in [0.1, 0.15) is 15.9 Å². The van der Waals surface area contributed by atoms with Crippen LogP contribution in [0.4, 0.5) is 10.1 Å². The highest BCUT2D eigenvalue weighted by Crippen LogP contribution is 2.35. The van der Waals surface area contributed by atoms with E-state index in [1.54, 1.807) is 36.7 Å². The molecule has 0 spiro atoms. The highest BCUT2D eigenvalue weighted by Gasteiger charge is 2.13. The molecule has 0 saturated carbocycles. The van der Waals surface area contributed by atoms with Crippen LogP contribution >= 0.6 is 34.7 Å². The molecule has 8 heteroatoms. The van der Waals surface area contributed by atoms with Crippen LogP contribution in [-0.4, -0.2) is 16.1 Å². The SMILES string of the molecule is Cc1ccc(F)c(C(=O)Nc2ccc(Sc3nncs3)c(Cl)c2)c1. The van der Waals surface area contributed by atoms with Gasteiger partial charge < -0.3 is 5.32 Å². The first-order chi connectivity index (χ1) is 11.5. The van der Waals surface area contributed by atoms with Crippen LogP contribution in [0.3, 0.4) is 0 Å². The molecule has 4 nitrogen and oxygen atoms in total. The van der Waals surface area contributed by atoms with Crippen molar-refractivity contribution in [1.29, 1.82) is 0 Å². The molecule has 0 atom stereocenters. The van der Waals surface area contributed by atoms with E-state index in [1.165, 1.54) is 35.2 Å². The maximum atomic E-state index is 13.8. The number of aromatic nitrogens is 2. The molecule has 3 aromatic rings. The molecule has 0 aliphatic heterocycles. The van der Waals surface area contributed by atoms with Crippen molar-refractivity contribution in [1.82, 2.24) is 10.2 Å². The number of aryl methyl sites for hydroxylation is 1. The molecular formula is C16H11ClFN3OS2. The predicted molar refractivity (Wildman–Crippen MR) is 94.6 cm³/mol. The van der Waals surface area contributed by atoms with Crippen LogP contribution in [0.25, 0.3) is 0 Å². The van der Waals surface area contributed by atoms with E-state index in [4.69, 9.17) is 11.6 Å². The van der Waals surface area contributed by atoms with Gasteiger partial charge in [-0.05, 0) is 37.3 Å². The third-order valence-electron chi connectivity index (χ3n) is 3.09. The Morgan fingerprint density at radius 2 is 2.12 bits per heavy atom.